The van der Waals surface area contributed by atoms with Crippen molar-refractivity contribution >= 4 is 88.1 Å². The van der Waals surface area contributed by atoms with E-state index in [2.05, 4.69) is 234 Å². The monoisotopic (exact) mass is 1090 g/mol. The molecule has 0 spiro atoms. The van der Waals surface area contributed by atoms with Crippen LogP contribution in [0.15, 0.2) is 71.8 Å². The summed E-state index contributed by atoms with van der Waals surface area (Å²) >= 11 is -5.26. The molecule has 8 heteroatoms. The van der Waals surface area contributed by atoms with Crippen molar-refractivity contribution in [3.05, 3.63) is 105 Å². The maximum atomic E-state index is 9.32. The first-order valence-corrected chi connectivity index (χ1v) is 55.7. The van der Waals surface area contributed by atoms with Gasteiger partial charge in [0, 0.05) is 0 Å². The van der Waals surface area contributed by atoms with Gasteiger partial charge in [0.1, 0.15) is 0 Å². The van der Waals surface area contributed by atoms with E-state index in [1.165, 1.54) is 66.8 Å². The van der Waals surface area contributed by atoms with Gasteiger partial charge in [0.25, 0.3) is 0 Å². The molecule has 4 aromatic carbocycles. The summed E-state index contributed by atoms with van der Waals surface area (Å²) in [5.74, 6) is -1.12. The van der Waals surface area contributed by atoms with Gasteiger partial charge in [0.15, 0.2) is 0 Å². The molecule has 0 fully saturated rings. The van der Waals surface area contributed by atoms with Gasteiger partial charge in [-0.2, -0.15) is 0 Å². The number of halogens is 2. The SMILES string of the molecule is CC(C)c1ccc2c(c1-c1cc([Si](C)(C)C)cc([Si](C)(C)C)c1)C=C(C(C)(C)C)[CH]2[Zr]([Cl])([Cl])([CH]1C(C(C)(C)C)=Cc2c1ccc(C(C)C)c2-c1cc([Si](C)(C)C)cc([Si](C)(C)C)c1)[SiH](C)C. The molecule has 0 radical (unpaired) electrons. The number of rotatable bonds is 11. The van der Waals surface area contributed by atoms with Crippen LogP contribution in [0.3, 0.4) is 0 Å². The van der Waals surface area contributed by atoms with Gasteiger partial charge >= 0.3 is 422 Å². The second-order valence-corrected chi connectivity index (χ2v) is 90.7. The molecule has 0 amide bonds. The molecule has 0 nitrogen and oxygen atoms in total. The number of fused-ring (bicyclic) bond motifs is 2. The molecule has 2 atom stereocenters. The third kappa shape index (κ3) is 9.79. The van der Waals surface area contributed by atoms with E-state index in [1.54, 1.807) is 20.7 Å². The van der Waals surface area contributed by atoms with Crippen LogP contribution in [0.5, 0.6) is 0 Å². The number of hydrogen-bond donors (Lipinski definition) is 0. The van der Waals surface area contributed by atoms with Gasteiger partial charge < -0.3 is 0 Å². The van der Waals surface area contributed by atoms with Gasteiger partial charge in [0.2, 0.25) is 0 Å². The Kier molecular flexibility index (Phi) is 14.5. The van der Waals surface area contributed by atoms with E-state index >= 15 is 0 Å². The van der Waals surface area contributed by atoms with Gasteiger partial charge in [-0.3, -0.25) is 0 Å². The summed E-state index contributed by atoms with van der Waals surface area (Å²) in [6.45, 7) is 59.3. The van der Waals surface area contributed by atoms with Crippen LogP contribution in [0.25, 0.3) is 34.4 Å². The molecular formula is C58H89Cl2Si5Zr. The molecule has 2 unspecified atom stereocenters. The minimum absolute atomic E-state index is 0.00308. The van der Waals surface area contributed by atoms with Crippen molar-refractivity contribution in [2.24, 2.45) is 10.8 Å². The standard InChI is InChI=1S/2C28H41Si2.C2H7Si.2ClH.Zr/c2*1-19(2)25-13-12-20-14-22(28(3,4)5)17-26(20)27(25)21-15-23(29(6,7)8)18-24(16-21)30(9,10)11;1-3-2;;;/h2*12-19H,1-11H3;3H,1-2H3;2*1H;/q;;;;;+2/p-2. The van der Waals surface area contributed by atoms with Crippen molar-refractivity contribution in [3.8, 4) is 22.3 Å². The number of allylic oxidation sites excluding steroid dienone is 2. The van der Waals surface area contributed by atoms with Crippen LogP contribution in [0, 0.1) is 10.8 Å². The van der Waals surface area contributed by atoms with E-state index in [-0.39, 0.29) is 18.1 Å². The predicted octanol–water partition coefficient (Wildman–Crippen LogP) is 17.1. The molecule has 2 aliphatic rings. The molecule has 4 aromatic rings. The second kappa shape index (κ2) is 17.6. The Morgan fingerprint density at radius 1 is 0.470 bits per heavy atom. The normalized spacial score (nSPS) is 18.2. The van der Waals surface area contributed by atoms with Crippen molar-refractivity contribution in [1.29, 1.82) is 0 Å². The van der Waals surface area contributed by atoms with Crippen LogP contribution in [0.4, 0.5) is 0 Å². The van der Waals surface area contributed by atoms with Crippen LogP contribution in [0.2, 0.25) is 91.7 Å². The van der Waals surface area contributed by atoms with E-state index in [0.29, 0.717) is 11.8 Å². The minimum atomic E-state index is -5.26. The molecule has 0 bridgehead atoms. The molecule has 0 heterocycles. The zero-order valence-electron chi connectivity index (χ0n) is 46.1. The van der Waals surface area contributed by atoms with Crippen LogP contribution in [0.1, 0.15) is 122 Å². The van der Waals surface area contributed by atoms with Gasteiger partial charge in [-0.05, 0) is 0 Å². The maximum absolute atomic E-state index is 9.32. The Hall–Kier alpha value is -1.09. The fourth-order valence-electron chi connectivity index (χ4n) is 11.1. The first-order valence-electron chi connectivity index (χ1n) is 25.4. The third-order valence-corrected chi connectivity index (χ3v) is 75.2. The Labute approximate surface area is 418 Å². The molecule has 0 saturated carbocycles. The first-order chi connectivity index (χ1) is 29.7. The summed E-state index contributed by atoms with van der Waals surface area (Å²) in [7, 11) is 12.0. The molecular weight excluding hydrogens is 999 g/mol. The summed E-state index contributed by atoms with van der Waals surface area (Å²) in [6, 6.07) is 25.5. The predicted molar refractivity (Wildman–Crippen MR) is 315 cm³/mol. The molecule has 2 aliphatic carbocycles. The van der Waals surface area contributed by atoms with E-state index in [1.807, 2.05) is 0 Å². The summed E-state index contributed by atoms with van der Waals surface area (Å²) < 4.78 is -0.00616. The fourth-order valence-corrected chi connectivity index (χ4v) is 47.5. The quantitative estimate of drug-likeness (QED) is 0.131. The van der Waals surface area contributed by atoms with E-state index in [9.17, 15) is 17.0 Å². The van der Waals surface area contributed by atoms with Gasteiger partial charge in [-0.1, -0.05) is 0 Å². The van der Waals surface area contributed by atoms with Gasteiger partial charge in [-0.15, -0.1) is 0 Å². The second-order valence-electron chi connectivity index (χ2n) is 27.9. The third-order valence-electron chi connectivity index (χ3n) is 15.6. The topological polar surface area (TPSA) is 0 Å². The Bertz CT molecular complexity index is 2380. The van der Waals surface area contributed by atoms with E-state index in [4.69, 9.17) is 0 Å². The average molecular weight is 1090 g/mol. The Morgan fingerprint density at radius 2 is 0.742 bits per heavy atom. The number of hydrogen-bond acceptors (Lipinski definition) is 0. The molecule has 0 aromatic heterocycles. The molecule has 0 saturated heterocycles. The Balaban J connectivity index is 1.77. The zero-order chi connectivity index (χ0) is 50.1. The Morgan fingerprint density at radius 3 is 0.955 bits per heavy atom. The molecule has 66 heavy (non-hydrogen) atoms. The van der Waals surface area contributed by atoms with Crippen molar-refractivity contribution in [2.75, 3.05) is 0 Å². The van der Waals surface area contributed by atoms with E-state index in [0.717, 1.165) is 0 Å². The molecule has 359 valence electrons. The van der Waals surface area contributed by atoms with Crippen molar-refractivity contribution < 1.29 is 15.6 Å². The molecule has 0 aliphatic heterocycles. The first kappa shape index (κ1) is 54.2. The number of benzene rings is 4. The van der Waals surface area contributed by atoms with Crippen LogP contribution >= 0.6 is 17.0 Å². The van der Waals surface area contributed by atoms with Gasteiger partial charge in [-0.25, -0.2) is 0 Å². The van der Waals surface area contributed by atoms with Crippen LogP contribution in [-0.4, -0.2) is 38.2 Å². The summed E-state index contributed by atoms with van der Waals surface area (Å²) in [6.07, 6.45) is 5.27. The molecule has 0 N–H and O–H groups in total. The summed E-state index contributed by atoms with van der Waals surface area (Å²) in [5, 5.41) is 6.22. The van der Waals surface area contributed by atoms with Crippen LogP contribution in [-0.2, 0) is 15.6 Å². The van der Waals surface area contributed by atoms with Crippen LogP contribution < -0.4 is 20.7 Å². The van der Waals surface area contributed by atoms with Crippen molar-refractivity contribution in [2.45, 2.75) is 180 Å². The summed E-state index contributed by atoms with van der Waals surface area (Å²) in [5.41, 5.74) is 16.7. The van der Waals surface area contributed by atoms with Crippen molar-refractivity contribution in [3.63, 3.8) is 0 Å². The van der Waals surface area contributed by atoms with Gasteiger partial charge in [0.05, 0.1) is 0 Å². The fraction of sp³-hybridized carbons (Fsp3) is 0.517. The average Bonchev–Trinajstić information content (AvgIpc) is 3.77. The molecule has 6 rings (SSSR count). The summed E-state index contributed by atoms with van der Waals surface area (Å²) in [4.78, 5) is 0. The zero-order valence-corrected chi connectivity index (χ0v) is 55.2. The van der Waals surface area contributed by atoms with Crippen molar-refractivity contribution in [1.82, 2.24) is 0 Å². The van der Waals surface area contributed by atoms with E-state index < -0.39 is 53.8 Å².